The van der Waals surface area contributed by atoms with Gasteiger partial charge in [0.05, 0.1) is 18.4 Å². The molecule has 0 radical (unpaired) electrons. The molecular formula is C12H22N2O6S. The van der Waals surface area contributed by atoms with Gasteiger partial charge in [-0.1, -0.05) is 6.92 Å². The fraction of sp³-hybridized carbons (Fsp3) is 0.833. The van der Waals surface area contributed by atoms with Crippen molar-refractivity contribution in [1.82, 2.24) is 9.03 Å². The molecule has 9 heteroatoms. The van der Waals surface area contributed by atoms with E-state index in [0.717, 1.165) is 0 Å². The maximum absolute atomic E-state index is 12.0. The fourth-order valence-corrected chi connectivity index (χ4v) is 3.34. The predicted molar refractivity (Wildman–Crippen MR) is 74.7 cm³/mol. The molecule has 0 amide bonds. The quantitative estimate of drug-likeness (QED) is 0.629. The molecule has 122 valence electrons. The lowest BCUT2D eigenvalue weighted by Crippen LogP contribution is -2.47. The highest BCUT2D eigenvalue weighted by molar-refractivity contribution is 7.87. The van der Waals surface area contributed by atoms with Crippen molar-refractivity contribution in [3.05, 3.63) is 0 Å². The highest BCUT2D eigenvalue weighted by atomic mass is 32.2. The molecule has 0 bridgehead atoms. The Morgan fingerprint density at radius 3 is 2.43 bits per heavy atom. The van der Waals surface area contributed by atoms with Crippen LogP contribution in [0.1, 0.15) is 26.7 Å². The Kier molecular flexibility index (Phi) is 6.56. The fourth-order valence-electron chi connectivity index (χ4n) is 2.00. The van der Waals surface area contributed by atoms with Crippen LogP contribution in [-0.4, -0.2) is 56.0 Å². The molecule has 1 heterocycles. The average molecular weight is 322 g/mol. The van der Waals surface area contributed by atoms with Gasteiger partial charge in [0.25, 0.3) is 10.2 Å². The number of carboxylic acids is 1. The van der Waals surface area contributed by atoms with Crippen molar-refractivity contribution in [1.29, 1.82) is 0 Å². The molecule has 1 saturated heterocycles. The van der Waals surface area contributed by atoms with Gasteiger partial charge in [0.2, 0.25) is 0 Å². The Labute approximate surface area is 124 Å². The maximum Gasteiger partial charge on any atom is 0.309 e. The molecule has 1 unspecified atom stereocenters. The first kappa shape index (κ1) is 17.9. The number of carboxylic acid groups (broad SMARTS) is 1. The lowest BCUT2D eigenvalue weighted by molar-refractivity contribution is -0.149. The second-order valence-electron chi connectivity index (χ2n) is 5.02. The van der Waals surface area contributed by atoms with Gasteiger partial charge < -0.3 is 9.84 Å². The summed E-state index contributed by atoms with van der Waals surface area (Å²) in [5.74, 6) is -2.41. The van der Waals surface area contributed by atoms with Gasteiger partial charge >= 0.3 is 11.9 Å². The minimum Gasteiger partial charge on any atom is -0.481 e. The Bertz CT molecular complexity index is 470. The third-order valence-electron chi connectivity index (χ3n) is 3.41. The molecule has 0 aromatic rings. The predicted octanol–water partition coefficient (Wildman–Crippen LogP) is -0.183. The van der Waals surface area contributed by atoms with Crippen molar-refractivity contribution in [3.63, 3.8) is 0 Å². The first-order chi connectivity index (χ1) is 9.77. The largest absolute Gasteiger partial charge is 0.481 e. The van der Waals surface area contributed by atoms with Gasteiger partial charge in [0.15, 0.2) is 0 Å². The molecule has 1 fully saturated rings. The van der Waals surface area contributed by atoms with Gasteiger partial charge in [-0.2, -0.15) is 12.7 Å². The van der Waals surface area contributed by atoms with E-state index in [-0.39, 0.29) is 31.5 Å². The summed E-state index contributed by atoms with van der Waals surface area (Å²) in [7, 11) is -3.71. The number of carbonyl (C=O) groups is 2. The second kappa shape index (κ2) is 7.71. The molecule has 0 aromatic heterocycles. The van der Waals surface area contributed by atoms with Crippen LogP contribution in [-0.2, 0) is 24.5 Å². The number of hydrogen-bond acceptors (Lipinski definition) is 5. The zero-order valence-corrected chi connectivity index (χ0v) is 13.1. The maximum atomic E-state index is 12.0. The molecule has 0 aromatic carbocycles. The van der Waals surface area contributed by atoms with E-state index in [0.29, 0.717) is 19.4 Å². The van der Waals surface area contributed by atoms with Gasteiger partial charge in [0.1, 0.15) is 0 Å². The van der Waals surface area contributed by atoms with E-state index >= 15 is 0 Å². The normalized spacial score (nSPS) is 19.1. The molecule has 21 heavy (non-hydrogen) atoms. The third kappa shape index (κ3) is 5.25. The van der Waals surface area contributed by atoms with Crippen LogP contribution in [0.15, 0.2) is 0 Å². The molecule has 0 spiro atoms. The van der Waals surface area contributed by atoms with Crippen LogP contribution in [0.3, 0.4) is 0 Å². The van der Waals surface area contributed by atoms with Crippen LogP contribution in [0.4, 0.5) is 0 Å². The Morgan fingerprint density at radius 2 is 1.95 bits per heavy atom. The number of nitrogens with one attached hydrogen (secondary N) is 1. The first-order valence-corrected chi connectivity index (χ1v) is 8.36. The Hall–Kier alpha value is -1.19. The van der Waals surface area contributed by atoms with Crippen LogP contribution in [0.25, 0.3) is 0 Å². The van der Waals surface area contributed by atoms with E-state index in [2.05, 4.69) is 4.72 Å². The zero-order chi connectivity index (χ0) is 16.0. The number of rotatable bonds is 7. The van der Waals surface area contributed by atoms with Crippen LogP contribution >= 0.6 is 0 Å². The lowest BCUT2D eigenvalue weighted by atomic mass is 9.98. The van der Waals surface area contributed by atoms with Gasteiger partial charge in [-0.25, -0.2) is 4.72 Å². The van der Waals surface area contributed by atoms with E-state index in [1.54, 1.807) is 6.92 Å². The zero-order valence-electron chi connectivity index (χ0n) is 12.2. The SMILES string of the molecule is CCOC(=O)C1CCN(S(=O)(=O)NCC(C)C(=O)O)CC1. The van der Waals surface area contributed by atoms with Crippen molar-refractivity contribution < 1.29 is 27.9 Å². The molecule has 0 saturated carbocycles. The van der Waals surface area contributed by atoms with Crippen molar-refractivity contribution in [2.24, 2.45) is 11.8 Å². The topological polar surface area (TPSA) is 113 Å². The molecule has 8 nitrogen and oxygen atoms in total. The van der Waals surface area contributed by atoms with Crippen LogP contribution in [0.5, 0.6) is 0 Å². The van der Waals surface area contributed by atoms with Gasteiger partial charge in [-0.15, -0.1) is 0 Å². The summed E-state index contributed by atoms with van der Waals surface area (Å²) in [5.41, 5.74) is 0. The second-order valence-corrected chi connectivity index (χ2v) is 6.77. The van der Waals surface area contributed by atoms with Crippen LogP contribution in [0, 0.1) is 11.8 Å². The van der Waals surface area contributed by atoms with Crippen LogP contribution < -0.4 is 4.72 Å². The van der Waals surface area contributed by atoms with Gasteiger partial charge in [-0.3, -0.25) is 9.59 Å². The number of aliphatic carboxylic acids is 1. The number of ether oxygens (including phenoxy) is 1. The van der Waals surface area contributed by atoms with Gasteiger partial charge in [-0.05, 0) is 19.8 Å². The highest BCUT2D eigenvalue weighted by Gasteiger charge is 2.32. The molecule has 1 aliphatic heterocycles. The summed E-state index contributed by atoms with van der Waals surface area (Å²) in [6.45, 7) is 3.75. The molecular weight excluding hydrogens is 300 g/mol. The Balaban J connectivity index is 2.48. The van der Waals surface area contributed by atoms with E-state index in [4.69, 9.17) is 9.84 Å². The third-order valence-corrected chi connectivity index (χ3v) is 4.98. The van der Waals surface area contributed by atoms with Gasteiger partial charge in [0, 0.05) is 19.6 Å². The van der Waals surface area contributed by atoms with Crippen molar-refractivity contribution in [2.45, 2.75) is 26.7 Å². The minimum absolute atomic E-state index is 0.157. The summed E-state index contributed by atoms with van der Waals surface area (Å²) in [6, 6.07) is 0. The highest BCUT2D eigenvalue weighted by Crippen LogP contribution is 2.20. The Morgan fingerprint density at radius 1 is 1.38 bits per heavy atom. The number of hydrogen-bond donors (Lipinski definition) is 2. The van der Waals surface area contributed by atoms with E-state index in [9.17, 15) is 18.0 Å². The number of esters is 1. The van der Waals surface area contributed by atoms with Crippen molar-refractivity contribution >= 4 is 22.1 Å². The van der Waals surface area contributed by atoms with E-state index in [1.165, 1.54) is 11.2 Å². The first-order valence-electron chi connectivity index (χ1n) is 6.92. The minimum atomic E-state index is -3.71. The molecule has 1 rings (SSSR count). The molecule has 0 aliphatic carbocycles. The monoisotopic (exact) mass is 322 g/mol. The van der Waals surface area contributed by atoms with Crippen molar-refractivity contribution in [2.75, 3.05) is 26.2 Å². The summed E-state index contributed by atoms with van der Waals surface area (Å²) in [4.78, 5) is 22.2. The summed E-state index contributed by atoms with van der Waals surface area (Å²) in [6.07, 6.45) is 0.822. The lowest BCUT2D eigenvalue weighted by Gasteiger charge is -2.30. The summed E-state index contributed by atoms with van der Waals surface area (Å²) >= 11 is 0. The number of carbonyl (C=O) groups excluding carboxylic acids is 1. The van der Waals surface area contributed by atoms with Crippen molar-refractivity contribution in [3.8, 4) is 0 Å². The molecule has 1 atom stereocenters. The number of nitrogens with zero attached hydrogens (tertiary/aromatic N) is 1. The molecule has 1 aliphatic rings. The smallest absolute Gasteiger partial charge is 0.309 e. The van der Waals surface area contributed by atoms with Crippen LogP contribution in [0.2, 0.25) is 0 Å². The summed E-state index contributed by atoms with van der Waals surface area (Å²) < 4.78 is 32.5. The average Bonchev–Trinajstić information content (AvgIpc) is 2.45. The number of piperidine rings is 1. The van der Waals surface area contributed by atoms with E-state index < -0.39 is 22.1 Å². The summed E-state index contributed by atoms with van der Waals surface area (Å²) in [5, 5.41) is 8.74. The standard InChI is InChI=1S/C12H22N2O6S/c1-3-20-12(17)10-4-6-14(7-5-10)21(18,19)13-8-9(2)11(15)16/h9-10,13H,3-8H2,1-2H3,(H,15,16). The van der Waals surface area contributed by atoms with E-state index in [1.807, 2.05) is 0 Å². The molecule has 2 N–H and O–H groups in total.